The molecule has 2 heterocycles. The minimum absolute atomic E-state index is 0.0593. The zero-order chi connectivity index (χ0) is 36.4. The molecule has 0 atom stereocenters. The highest BCUT2D eigenvalue weighted by Gasteiger charge is 2.37. The Hall–Kier alpha value is -4.61. The summed E-state index contributed by atoms with van der Waals surface area (Å²) in [4.78, 5) is 12.9. The first-order valence-electron chi connectivity index (χ1n) is 17.8. The van der Waals surface area contributed by atoms with Gasteiger partial charge >= 0.3 is 5.97 Å². The van der Waals surface area contributed by atoms with Gasteiger partial charge < -0.3 is 42.6 Å². The van der Waals surface area contributed by atoms with Gasteiger partial charge in [-0.15, -0.1) is 0 Å². The number of carbonyl (C=O) groups is 1. The summed E-state index contributed by atoms with van der Waals surface area (Å²) in [5.74, 6) is 2.77. The summed E-state index contributed by atoms with van der Waals surface area (Å²) in [6.45, 7) is 12.8. The fourth-order valence-electron chi connectivity index (χ4n) is 5.87. The Morgan fingerprint density at radius 2 is 1.02 bits per heavy atom. The van der Waals surface area contributed by atoms with E-state index in [0.717, 1.165) is 67.3 Å². The van der Waals surface area contributed by atoms with Crippen molar-refractivity contribution in [3.63, 3.8) is 0 Å². The lowest BCUT2D eigenvalue weighted by molar-refractivity contribution is -0.162. The SMILES string of the molecule is CCC1(COCOc2ccc(OCOc3ccc(-c4ccc(OC(=O)c5ccc(OCOCC6(CC)COC6)cc5)c(C)c4)cc3C)cc2)COC1. The number of rotatable bonds is 19. The van der Waals surface area contributed by atoms with E-state index in [1.807, 2.05) is 68.4 Å². The Balaban J connectivity index is 0.929. The van der Waals surface area contributed by atoms with Crippen LogP contribution < -0.4 is 23.7 Å². The van der Waals surface area contributed by atoms with E-state index in [0.29, 0.717) is 41.8 Å². The van der Waals surface area contributed by atoms with Crippen LogP contribution in [-0.4, -0.2) is 66.0 Å². The lowest BCUT2D eigenvalue weighted by Crippen LogP contribution is -2.45. The second-order valence-corrected chi connectivity index (χ2v) is 13.7. The number of hydrogen-bond donors (Lipinski definition) is 0. The molecule has 4 aromatic carbocycles. The number of ether oxygens (including phenoxy) is 9. The molecule has 10 nitrogen and oxygen atoms in total. The van der Waals surface area contributed by atoms with Crippen LogP contribution in [0.4, 0.5) is 0 Å². The van der Waals surface area contributed by atoms with Crippen LogP contribution in [0.5, 0.6) is 28.7 Å². The highest BCUT2D eigenvalue weighted by atomic mass is 16.7. The van der Waals surface area contributed by atoms with Crippen LogP contribution in [-0.2, 0) is 18.9 Å². The standard InChI is InChI=1S/C42H48O10/c1-5-41(21-44-22-41)25-46-27-48-35-11-7-32(8-12-35)40(43)52-39-18-10-34(20-31(39)4)33-9-17-38(30(3)19-33)51-29-50-37-15-13-36(14-16-37)49-28-47-26-42(6-2)23-45-24-42/h7-20H,5-6,21-29H2,1-4H3. The number of aryl methyl sites for hydroxylation is 2. The molecule has 0 amide bonds. The lowest BCUT2D eigenvalue weighted by Gasteiger charge is -2.40. The first-order valence-corrected chi connectivity index (χ1v) is 17.8. The number of esters is 1. The van der Waals surface area contributed by atoms with Gasteiger partial charge in [0, 0.05) is 10.8 Å². The maximum absolute atomic E-state index is 12.9. The molecule has 10 heteroatoms. The molecule has 4 aromatic rings. The van der Waals surface area contributed by atoms with Crippen molar-refractivity contribution in [2.45, 2.75) is 40.5 Å². The van der Waals surface area contributed by atoms with Crippen LogP contribution in [0.15, 0.2) is 84.9 Å². The van der Waals surface area contributed by atoms with Gasteiger partial charge in [0.15, 0.2) is 13.6 Å². The predicted molar refractivity (Wildman–Crippen MR) is 195 cm³/mol. The van der Waals surface area contributed by atoms with E-state index < -0.39 is 5.97 Å². The van der Waals surface area contributed by atoms with E-state index in [-0.39, 0.29) is 31.2 Å². The van der Waals surface area contributed by atoms with Gasteiger partial charge in [-0.05, 0) is 122 Å². The van der Waals surface area contributed by atoms with Gasteiger partial charge in [-0.25, -0.2) is 4.79 Å². The molecule has 0 N–H and O–H groups in total. The third-order valence-electron chi connectivity index (χ3n) is 9.81. The van der Waals surface area contributed by atoms with Gasteiger partial charge in [0.1, 0.15) is 28.7 Å². The van der Waals surface area contributed by atoms with Crippen LogP contribution in [0, 0.1) is 24.7 Å². The molecule has 2 fully saturated rings. The summed E-state index contributed by atoms with van der Waals surface area (Å²) in [7, 11) is 0. The average molecular weight is 713 g/mol. The van der Waals surface area contributed by atoms with Gasteiger partial charge in [0.25, 0.3) is 0 Å². The Bertz CT molecular complexity index is 1750. The summed E-state index contributed by atoms with van der Waals surface area (Å²) in [6.07, 6.45) is 2.04. The maximum Gasteiger partial charge on any atom is 0.343 e. The second kappa shape index (κ2) is 17.3. The summed E-state index contributed by atoms with van der Waals surface area (Å²) >= 11 is 0. The van der Waals surface area contributed by atoms with E-state index >= 15 is 0 Å². The molecule has 0 aromatic heterocycles. The third kappa shape index (κ3) is 9.43. The predicted octanol–water partition coefficient (Wildman–Crippen LogP) is 8.16. The van der Waals surface area contributed by atoms with Crippen molar-refractivity contribution in [3.8, 4) is 39.9 Å². The summed E-state index contributed by atoms with van der Waals surface area (Å²) in [6, 6.07) is 25.9. The Morgan fingerprint density at radius 1 is 0.577 bits per heavy atom. The van der Waals surface area contributed by atoms with Gasteiger partial charge in [-0.3, -0.25) is 0 Å². The van der Waals surface area contributed by atoms with E-state index in [2.05, 4.69) is 19.9 Å². The number of carbonyl (C=O) groups excluding carboxylic acids is 1. The molecule has 0 spiro atoms. The Kier molecular flexibility index (Phi) is 12.3. The highest BCUT2D eigenvalue weighted by molar-refractivity contribution is 5.91. The minimum atomic E-state index is -0.442. The van der Waals surface area contributed by atoms with Crippen molar-refractivity contribution in [1.29, 1.82) is 0 Å². The van der Waals surface area contributed by atoms with Crippen LogP contribution in [0.1, 0.15) is 48.2 Å². The average Bonchev–Trinajstić information content (AvgIpc) is 3.12. The highest BCUT2D eigenvalue weighted by Crippen LogP contribution is 2.33. The van der Waals surface area contributed by atoms with Gasteiger partial charge in [0.2, 0.25) is 6.79 Å². The summed E-state index contributed by atoms with van der Waals surface area (Å²) in [5.41, 5.74) is 4.49. The van der Waals surface area contributed by atoms with Gasteiger partial charge in [-0.2, -0.15) is 0 Å². The fourth-order valence-corrected chi connectivity index (χ4v) is 5.87. The zero-order valence-electron chi connectivity index (χ0n) is 30.4. The molecule has 2 saturated heterocycles. The monoisotopic (exact) mass is 712 g/mol. The van der Waals surface area contributed by atoms with Crippen molar-refractivity contribution in [2.24, 2.45) is 10.8 Å². The molecule has 6 rings (SSSR count). The van der Waals surface area contributed by atoms with Crippen LogP contribution in [0.3, 0.4) is 0 Å². The van der Waals surface area contributed by atoms with Crippen LogP contribution in [0.25, 0.3) is 11.1 Å². The van der Waals surface area contributed by atoms with Crippen LogP contribution in [0.2, 0.25) is 0 Å². The zero-order valence-corrected chi connectivity index (χ0v) is 30.4. The maximum atomic E-state index is 12.9. The third-order valence-corrected chi connectivity index (χ3v) is 9.81. The fraction of sp³-hybridized carbons (Fsp3) is 0.405. The molecule has 2 aliphatic rings. The molecule has 0 aliphatic carbocycles. The van der Waals surface area contributed by atoms with Gasteiger partial charge in [-0.1, -0.05) is 26.0 Å². The Morgan fingerprint density at radius 3 is 1.44 bits per heavy atom. The van der Waals surface area contributed by atoms with Crippen molar-refractivity contribution in [3.05, 3.63) is 102 Å². The van der Waals surface area contributed by atoms with E-state index in [1.165, 1.54) is 0 Å². The molecular formula is C42H48O10. The molecular weight excluding hydrogens is 664 g/mol. The van der Waals surface area contributed by atoms with Crippen molar-refractivity contribution >= 4 is 5.97 Å². The summed E-state index contributed by atoms with van der Waals surface area (Å²) < 4.78 is 50.9. The van der Waals surface area contributed by atoms with Gasteiger partial charge in [0.05, 0.1) is 45.2 Å². The molecule has 52 heavy (non-hydrogen) atoms. The molecule has 0 radical (unpaired) electrons. The van der Waals surface area contributed by atoms with Crippen molar-refractivity contribution in [1.82, 2.24) is 0 Å². The quantitative estimate of drug-likeness (QED) is 0.0410. The molecule has 2 aliphatic heterocycles. The first kappa shape index (κ1) is 37.2. The summed E-state index contributed by atoms with van der Waals surface area (Å²) in [5, 5.41) is 0. The molecule has 0 unspecified atom stereocenters. The molecule has 276 valence electrons. The van der Waals surface area contributed by atoms with Crippen molar-refractivity contribution in [2.75, 3.05) is 60.0 Å². The molecule has 0 saturated carbocycles. The first-order chi connectivity index (χ1) is 25.3. The Labute approximate surface area is 305 Å². The smallest absolute Gasteiger partial charge is 0.343 e. The largest absolute Gasteiger partial charge is 0.468 e. The van der Waals surface area contributed by atoms with E-state index in [4.69, 9.17) is 42.6 Å². The normalized spacial score (nSPS) is 15.5. The molecule has 0 bridgehead atoms. The second-order valence-electron chi connectivity index (χ2n) is 13.7. The van der Waals surface area contributed by atoms with Crippen LogP contribution >= 0.6 is 0 Å². The van der Waals surface area contributed by atoms with E-state index in [9.17, 15) is 4.79 Å². The van der Waals surface area contributed by atoms with Crippen molar-refractivity contribution < 1.29 is 47.4 Å². The number of hydrogen-bond acceptors (Lipinski definition) is 10. The van der Waals surface area contributed by atoms with E-state index in [1.54, 1.807) is 24.3 Å². The minimum Gasteiger partial charge on any atom is -0.468 e. The topological polar surface area (TPSA) is 100 Å². The lowest BCUT2D eigenvalue weighted by atomic mass is 9.84. The number of benzene rings is 4.